The number of aromatic nitrogens is 2. The number of thioether (sulfide) groups is 1. The van der Waals surface area contributed by atoms with Gasteiger partial charge in [-0.2, -0.15) is 0 Å². The summed E-state index contributed by atoms with van der Waals surface area (Å²) in [6, 6.07) is 11.5. The lowest BCUT2D eigenvalue weighted by Gasteiger charge is -2.11. The molecule has 0 aliphatic heterocycles. The fourth-order valence-electron chi connectivity index (χ4n) is 1.79. The summed E-state index contributed by atoms with van der Waals surface area (Å²) >= 11 is 1.27. The summed E-state index contributed by atoms with van der Waals surface area (Å²) in [7, 11) is 0. The second kappa shape index (κ2) is 7.05. The van der Waals surface area contributed by atoms with Crippen molar-refractivity contribution in [2.24, 2.45) is 0 Å². The van der Waals surface area contributed by atoms with Crippen LogP contribution in [0.1, 0.15) is 18.2 Å². The van der Waals surface area contributed by atoms with Gasteiger partial charge in [0.15, 0.2) is 0 Å². The highest BCUT2D eigenvalue weighted by Gasteiger charge is 2.20. The molecule has 2 aromatic rings. The Hall–Kier alpha value is -1.88. The number of carbonyl (C=O) groups is 1. The molecule has 1 heterocycles. The van der Waals surface area contributed by atoms with Gasteiger partial charge in [0, 0.05) is 5.69 Å². The first-order valence-electron chi connectivity index (χ1n) is 6.43. The molecule has 104 valence electrons. The van der Waals surface area contributed by atoms with E-state index in [-0.39, 0.29) is 0 Å². The number of aryl methyl sites for hydroxylation is 1. The van der Waals surface area contributed by atoms with E-state index in [1.54, 1.807) is 0 Å². The molecule has 1 N–H and O–H groups in total. The van der Waals surface area contributed by atoms with E-state index >= 15 is 0 Å². The third-order valence-electron chi connectivity index (χ3n) is 2.86. The van der Waals surface area contributed by atoms with Crippen molar-refractivity contribution < 1.29 is 9.90 Å². The molecule has 5 heteroatoms. The quantitative estimate of drug-likeness (QED) is 0.654. The lowest BCUT2D eigenvalue weighted by molar-refractivity contribution is -0.136. The normalized spacial score (nSPS) is 12.1. The average Bonchev–Trinajstić information content (AvgIpc) is 2.48. The van der Waals surface area contributed by atoms with Crippen LogP contribution >= 0.6 is 11.8 Å². The van der Waals surface area contributed by atoms with Crippen molar-refractivity contribution in [2.75, 3.05) is 0 Å². The van der Waals surface area contributed by atoms with E-state index in [2.05, 4.69) is 9.97 Å². The van der Waals surface area contributed by atoms with Gasteiger partial charge < -0.3 is 5.11 Å². The van der Waals surface area contributed by atoms with Crippen molar-refractivity contribution in [1.29, 1.82) is 0 Å². The van der Waals surface area contributed by atoms with E-state index in [1.165, 1.54) is 18.1 Å². The predicted molar refractivity (Wildman–Crippen MR) is 78.8 cm³/mol. The molecule has 0 aliphatic carbocycles. The fraction of sp³-hybridized carbons (Fsp3) is 0.267. The van der Waals surface area contributed by atoms with Crippen LogP contribution in [-0.4, -0.2) is 26.3 Å². The van der Waals surface area contributed by atoms with Crippen molar-refractivity contribution in [3.8, 4) is 0 Å². The maximum atomic E-state index is 11.4. The minimum atomic E-state index is -0.824. The van der Waals surface area contributed by atoms with Crippen molar-refractivity contribution in [3.05, 3.63) is 54.0 Å². The Bertz CT molecular complexity index is 575. The Labute approximate surface area is 122 Å². The van der Waals surface area contributed by atoms with Crippen molar-refractivity contribution in [3.63, 3.8) is 0 Å². The van der Waals surface area contributed by atoms with E-state index in [0.29, 0.717) is 11.4 Å². The number of carboxylic acids is 1. The Morgan fingerprint density at radius 3 is 2.70 bits per heavy atom. The molecule has 20 heavy (non-hydrogen) atoms. The molecule has 4 nitrogen and oxygen atoms in total. The Morgan fingerprint density at radius 1 is 1.30 bits per heavy atom. The van der Waals surface area contributed by atoms with E-state index in [0.717, 1.165) is 17.7 Å². The molecule has 0 bridgehead atoms. The highest BCUT2D eigenvalue weighted by molar-refractivity contribution is 8.00. The topological polar surface area (TPSA) is 63.1 Å². The Balaban J connectivity index is 2.11. The molecule has 2 rings (SSSR count). The molecular formula is C15H16N2O2S. The number of benzene rings is 1. The summed E-state index contributed by atoms with van der Waals surface area (Å²) in [6.07, 6.45) is 2.78. The number of hydrogen-bond acceptors (Lipinski definition) is 4. The first-order valence-corrected chi connectivity index (χ1v) is 7.31. The van der Waals surface area contributed by atoms with E-state index < -0.39 is 11.2 Å². The number of carboxylic acid groups (broad SMARTS) is 1. The zero-order valence-electron chi connectivity index (χ0n) is 11.2. The minimum Gasteiger partial charge on any atom is -0.480 e. The molecule has 1 atom stereocenters. The van der Waals surface area contributed by atoms with Crippen LogP contribution in [0.2, 0.25) is 0 Å². The molecule has 0 amide bonds. The summed E-state index contributed by atoms with van der Waals surface area (Å²) in [5.41, 5.74) is 1.93. The van der Waals surface area contributed by atoms with Crippen LogP contribution < -0.4 is 0 Å². The van der Waals surface area contributed by atoms with Crippen LogP contribution in [0, 0.1) is 0 Å². The van der Waals surface area contributed by atoms with Crippen LogP contribution in [0.3, 0.4) is 0 Å². The standard InChI is InChI=1S/C15H16N2O2S/c1-2-12-9-14(17-10-16-12)20-13(15(18)19)8-11-6-4-3-5-7-11/h3-7,9-10,13H,2,8H2,1H3,(H,18,19). The van der Waals surface area contributed by atoms with E-state index in [9.17, 15) is 9.90 Å². The van der Waals surface area contributed by atoms with Crippen LogP contribution in [0.4, 0.5) is 0 Å². The number of rotatable bonds is 6. The molecule has 0 saturated carbocycles. The van der Waals surface area contributed by atoms with Crippen molar-refractivity contribution in [2.45, 2.75) is 30.0 Å². The van der Waals surface area contributed by atoms with Gasteiger partial charge in [-0.15, -0.1) is 0 Å². The first kappa shape index (κ1) is 14.5. The van der Waals surface area contributed by atoms with Gasteiger partial charge in [-0.3, -0.25) is 4.79 Å². The summed E-state index contributed by atoms with van der Waals surface area (Å²) in [4.78, 5) is 19.7. The molecule has 0 saturated heterocycles. The lowest BCUT2D eigenvalue weighted by Crippen LogP contribution is -2.19. The molecule has 1 unspecified atom stereocenters. The summed E-state index contributed by atoms with van der Waals surface area (Å²) in [5, 5.41) is 9.52. The maximum Gasteiger partial charge on any atom is 0.317 e. The monoisotopic (exact) mass is 288 g/mol. The zero-order chi connectivity index (χ0) is 14.4. The van der Waals surface area contributed by atoms with E-state index in [4.69, 9.17) is 0 Å². The van der Waals surface area contributed by atoms with Gasteiger partial charge in [0.1, 0.15) is 16.6 Å². The molecule has 1 aromatic carbocycles. The van der Waals surface area contributed by atoms with Gasteiger partial charge in [0.05, 0.1) is 0 Å². The largest absolute Gasteiger partial charge is 0.480 e. The smallest absolute Gasteiger partial charge is 0.317 e. The fourth-order valence-corrected chi connectivity index (χ4v) is 2.77. The molecule has 1 aromatic heterocycles. The highest BCUT2D eigenvalue weighted by atomic mass is 32.2. The van der Waals surface area contributed by atoms with Gasteiger partial charge in [0.2, 0.25) is 0 Å². The van der Waals surface area contributed by atoms with Crippen LogP contribution in [0.15, 0.2) is 47.8 Å². The number of nitrogens with zero attached hydrogens (tertiary/aromatic N) is 2. The second-order valence-electron chi connectivity index (χ2n) is 4.34. The van der Waals surface area contributed by atoms with Gasteiger partial charge >= 0.3 is 5.97 Å². The molecular weight excluding hydrogens is 272 g/mol. The van der Waals surface area contributed by atoms with Gasteiger partial charge in [-0.1, -0.05) is 49.0 Å². The number of aliphatic carboxylic acids is 1. The summed E-state index contributed by atoms with van der Waals surface area (Å²) in [6.45, 7) is 2.01. The minimum absolute atomic E-state index is 0.478. The molecule has 0 spiro atoms. The maximum absolute atomic E-state index is 11.4. The molecule has 0 fully saturated rings. The first-order chi connectivity index (χ1) is 9.69. The van der Waals surface area contributed by atoms with Crippen molar-refractivity contribution in [1.82, 2.24) is 9.97 Å². The van der Waals surface area contributed by atoms with Crippen LogP contribution in [0.5, 0.6) is 0 Å². The molecule has 0 aliphatic rings. The predicted octanol–water partition coefficient (Wildman–Crippen LogP) is 2.83. The average molecular weight is 288 g/mol. The van der Waals surface area contributed by atoms with Gasteiger partial charge in [-0.25, -0.2) is 9.97 Å². The Kier molecular flexibility index (Phi) is 5.12. The zero-order valence-corrected chi connectivity index (χ0v) is 12.0. The lowest BCUT2D eigenvalue weighted by atomic mass is 10.1. The summed E-state index contributed by atoms with van der Waals surface area (Å²) in [5.74, 6) is -0.824. The Morgan fingerprint density at radius 2 is 2.05 bits per heavy atom. The van der Waals surface area contributed by atoms with Crippen molar-refractivity contribution >= 4 is 17.7 Å². The highest BCUT2D eigenvalue weighted by Crippen LogP contribution is 2.24. The van der Waals surface area contributed by atoms with Crippen LogP contribution in [-0.2, 0) is 17.6 Å². The van der Waals surface area contributed by atoms with Gasteiger partial charge in [-0.05, 0) is 24.5 Å². The van der Waals surface area contributed by atoms with Crippen LogP contribution in [0.25, 0.3) is 0 Å². The third-order valence-corrected chi connectivity index (χ3v) is 3.98. The summed E-state index contributed by atoms with van der Waals surface area (Å²) < 4.78 is 0. The van der Waals surface area contributed by atoms with Gasteiger partial charge in [0.25, 0.3) is 0 Å². The molecule has 0 radical (unpaired) electrons. The van der Waals surface area contributed by atoms with E-state index in [1.807, 2.05) is 43.3 Å². The SMILES string of the molecule is CCc1cc(SC(Cc2ccccc2)C(=O)O)ncn1. The number of hydrogen-bond donors (Lipinski definition) is 1. The second-order valence-corrected chi connectivity index (χ2v) is 5.56. The third kappa shape index (κ3) is 4.06.